The van der Waals surface area contributed by atoms with E-state index >= 15 is 0 Å². The Balaban J connectivity index is 0.000000179. The third-order valence-electron chi connectivity index (χ3n) is 17.7. The van der Waals surface area contributed by atoms with E-state index in [1.54, 1.807) is 12.1 Å². The number of rotatable bonds is 27. The van der Waals surface area contributed by atoms with Gasteiger partial charge in [-0.15, -0.1) is 0 Å². The van der Waals surface area contributed by atoms with Gasteiger partial charge in [-0.2, -0.15) is 8.61 Å². The molecule has 0 spiro atoms. The molecule has 96 heavy (non-hydrogen) atoms. The van der Waals surface area contributed by atoms with Crippen molar-refractivity contribution in [3.63, 3.8) is 0 Å². The van der Waals surface area contributed by atoms with Gasteiger partial charge in [0.15, 0.2) is 18.9 Å². The fourth-order valence-corrected chi connectivity index (χ4v) is 15.9. The maximum Gasteiger partial charge on any atom is 0.534 e. The van der Waals surface area contributed by atoms with E-state index in [4.69, 9.17) is 53.1 Å². The summed E-state index contributed by atoms with van der Waals surface area (Å²) < 4.78 is 111. The lowest BCUT2D eigenvalue weighted by molar-refractivity contribution is -0.179. The number of hydrogen-bond donors (Lipinski definition) is 3. The highest BCUT2D eigenvalue weighted by Crippen LogP contribution is 2.37. The number of esters is 2. The molecule has 7 fully saturated rings. The minimum absolute atomic E-state index is 0.0162. The second-order valence-electron chi connectivity index (χ2n) is 25.8. The van der Waals surface area contributed by atoms with Gasteiger partial charge in [0.1, 0.15) is 24.1 Å². The molecule has 526 valence electrons. The number of aliphatic hydroxyl groups excluding tert-OH is 2. The third-order valence-corrected chi connectivity index (χ3v) is 21.4. The highest BCUT2D eigenvalue weighted by Gasteiger charge is 2.47. The lowest BCUT2D eigenvalue weighted by Crippen LogP contribution is -2.43. The Morgan fingerprint density at radius 1 is 0.542 bits per heavy atom. The van der Waals surface area contributed by atoms with Crippen molar-refractivity contribution >= 4 is 55.6 Å². The average molecular weight is 1380 g/mol. The first-order valence-electron chi connectivity index (χ1n) is 32.7. The molecule has 0 aromatic heterocycles. The summed E-state index contributed by atoms with van der Waals surface area (Å²) in [5, 5.41) is 23.3. The summed E-state index contributed by atoms with van der Waals surface area (Å²) in [5.74, 6) is -2.46. The van der Waals surface area contributed by atoms with Crippen molar-refractivity contribution in [3.8, 4) is 5.75 Å². The van der Waals surface area contributed by atoms with E-state index in [1.165, 1.54) is 52.1 Å². The van der Waals surface area contributed by atoms with Gasteiger partial charge >= 0.3 is 18.1 Å². The van der Waals surface area contributed by atoms with E-state index in [0.717, 1.165) is 30.4 Å². The highest BCUT2D eigenvalue weighted by atomic mass is 32.2. The van der Waals surface area contributed by atoms with Crippen LogP contribution in [-0.4, -0.2) is 193 Å². The van der Waals surface area contributed by atoms with Gasteiger partial charge in [0, 0.05) is 56.5 Å². The second kappa shape index (κ2) is 34.2. The van der Waals surface area contributed by atoms with Gasteiger partial charge in [-0.1, -0.05) is 93.4 Å². The topological polar surface area (TPSA) is 331 Å². The summed E-state index contributed by atoms with van der Waals surface area (Å²) in [7, 11) is -6.29. The number of aliphatic hydroxyl groups is 2. The summed E-state index contributed by atoms with van der Waals surface area (Å²) in [5.41, 5.74) is 8.09. The lowest BCUT2D eigenvalue weighted by atomic mass is 9.90. The number of carbonyl (C=O) groups excluding carboxylic acids is 5. The molecule has 4 N–H and O–H groups in total. The molecule has 0 bridgehead atoms. The predicted molar refractivity (Wildman–Crippen MR) is 343 cm³/mol. The number of amides is 2. The number of benzene rings is 4. The van der Waals surface area contributed by atoms with Crippen molar-refractivity contribution in [1.29, 1.82) is 0 Å². The lowest BCUT2D eigenvalue weighted by Gasteiger charge is -2.30. The van der Waals surface area contributed by atoms with E-state index in [-0.39, 0.29) is 142 Å². The summed E-state index contributed by atoms with van der Waals surface area (Å²) in [6.45, 7) is 10.3. The zero-order valence-corrected chi connectivity index (χ0v) is 56.4. The van der Waals surface area contributed by atoms with Gasteiger partial charge in [0.2, 0.25) is 20.0 Å². The van der Waals surface area contributed by atoms with E-state index in [9.17, 15) is 51.0 Å². The zero-order valence-electron chi connectivity index (χ0n) is 54.8. The molecule has 0 saturated carbocycles. The van der Waals surface area contributed by atoms with Crippen molar-refractivity contribution < 1.29 is 103 Å². The van der Waals surface area contributed by atoms with Gasteiger partial charge in [-0.3, -0.25) is 24.0 Å². The second-order valence-corrected chi connectivity index (χ2v) is 29.7. The Hall–Kier alpha value is -6.67. The number of carbonyl (C=O) groups is 5. The molecule has 11 rings (SSSR count). The number of nitrogens with zero attached hydrogens (tertiary/aromatic N) is 3. The van der Waals surface area contributed by atoms with E-state index in [1.807, 2.05) is 88.4 Å². The molecule has 28 heteroatoms. The number of nitrogens with two attached hydrogens (primary N) is 1. The minimum Gasteiger partial charge on any atom is -0.497 e. The molecule has 2 amide bonds. The normalized spacial score (nSPS) is 24.9. The first-order valence-corrected chi connectivity index (χ1v) is 35.6. The highest BCUT2D eigenvalue weighted by molar-refractivity contribution is 7.89. The Bertz CT molecular complexity index is 3410. The molecule has 0 radical (unpaired) electrons. The number of imide groups is 1. The molecule has 4 aromatic rings. The molecule has 7 aliphatic heterocycles. The molecule has 13 atom stereocenters. The smallest absolute Gasteiger partial charge is 0.497 e. The van der Waals surface area contributed by atoms with Crippen LogP contribution in [0, 0.1) is 41.4 Å². The average Bonchev–Trinajstić information content (AvgIpc) is 1.15. The number of fused-ring (bicyclic) bond motifs is 3. The number of ether oxygens (including phenoxy) is 10. The standard InChI is InChI=1S/C29H39NO8S.C28H38N2O7S.C11H13NO7/c1-20(2)17-30(39(33,34)24-11-9-23(35-3)10-12-24)18-26(31)22(15-21-7-5-4-6-8-21)16-28(32)38-27-19-37-29-25(27)13-14-36-29;1-19(2)16-30(38(33,34)23-10-8-22(29)9-11-23)17-25(31)21(14-20-6-4-3-5-7-20)15-27(32)37-26-18-36-28-24(26)12-13-35-28;13-8-1-2-9(14)12(8)19-11(15)18-7-5-17-10-6(7)3-4-16-10/h4-12,20,22,25-27,29,31H,13-19H2,1-3H3;3-11,19,21,24-26,28,31H,12-18,29H2,1-2H3;6-7,10H,1-5H2/t22-,25+,26-,27+,29-;21-,24+,25-,26+,28-;6-,7-,10+/m110/s1. The van der Waals surface area contributed by atoms with Crippen LogP contribution in [0.1, 0.15) is 83.8 Å². The Kier molecular flexibility index (Phi) is 26.2. The Labute approximate surface area is 560 Å². The van der Waals surface area contributed by atoms with Crippen LogP contribution in [0.5, 0.6) is 5.75 Å². The Morgan fingerprint density at radius 3 is 1.29 bits per heavy atom. The SMILES string of the molecule is CC(C)CN(C[C@@H](O)[C@@H](CC(=O)O[C@H]1CO[C@H]2OCC[C@H]21)Cc1ccccc1)S(=O)(=O)c1ccc(N)cc1.COc1ccc(S(=O)(=O)N(CC(C)C)C[C@@H](O)[C@@H](CC(=O)O[C@H]2CO[C@H]3OCC[C@H]32)Cc2ccccc2)cc1.O=C(O[C@H]1CO[C@H]2OCC[C@H]21)ON1C(=O)CCC1=O. The monoisotopic (exact) mass is 1380 g/mol. The maximum atomic E-state index is 13.6. The first-order chi connectivity index (χ1) is 45.9. The van der Waals surface area contributed by atoms with Crippen LogP contribution in [-0.2, 0) is 99.5 Å². The number of anilines is 1. The van der Waals surface area contributed by atoms with Crippen molar-refractivity contribution in [3.05, 3.63) is 120 Å². The summed E-state index contributed by atoms with van der Waals surface area (Å²) in [6.07, 6.45) is -2.44. The van der Waals surface area contributed by atoms with E-state index < -0.39 is 80.1 Å². The molecule has 0 aliphatic carbocycles. The molecule has 7 heterocycles. The van der Waals surface area contributed by atoms with Crippen LogP contribution in [0.2, 0.25) is 0 Å². The maximum absolute atomic E-state index is 13.6. The Morgan fingerprint density at radius 2 is 0.917 bits per heavy atom. The first kappa shape index (κ1) is 73.6. The van der Waals surface area contributed by atoms with E-state index in [0.29, 0.717) is 49.2 Å². The molecular formula is C68H90N4O22S2. The van der Waals surface area contributed by atoms with Crippen LogP contribution in [0.25, 0.3) is 0 Å². The van der Waals surface area contributed by atoms with Gasteiger partial charge in [-0.05, 0) is 104 Å². The number of hydroxylamine groups is 2. The number of sulfonamides is 2. The summed E-state index contributed by atoms with van der Waals surface area (Å²) >= 11 is 0. The van der Waals surface area contributed by atoms with Gasteiger partial charge in [0.05, 0.1) is 99.3 Å². The summed E-state index contributed by atoms with van der Waals surface area (Å²) in [6, 6.07) is 31.3. The zero-order chi connectivity index (χ0) is 68.7. The molecule has 4 aromatic carbocycles. The van der Waals surface area contributed by atoms with Crippen molar-refractivity contribution in [2.45, 2.75) is 145 Å². The fourth-order valence-electron chi connectivity index (χ4n) is 12.7. The van der Waals surface area contributed by atoms with Crippen LogP contribution in [0.4, 0.5) is 10.5 Å². The molecule has 26 nitrogen and oxygen atoms in total. The van der Waals surface area contributed by atoms with Crippen LogP contribution < -0.4 is 10.5 Å². The van der Waals surface area contributed by atoms with Crippen LogP contribution in [0.15, 0.2) is 119 Å². The van der Waals surface area contributed by atoms with E-state index in [2.05, 4.69) is 4.84 Å². The quantitative estimate of drug-likeness (QED) is 0.0265. The van der Waals surface area contributed by atoms with Crippen LogP contribution >= 0.6 is 0 Å². The summed E-state index contributed by atoms with van der Waals surface area (Å²) in [4.78, 5) is 65.0. The van der Waals surface area contributed by atoms with Gasteiger partial charge < -0.3 is 63.3 Å². The van der Waals surface area contributed by atoms with Gasteiger partial charge in [-0.25, -0.2) is 21.6 Å². The van der Waals surface area contributed by atoms with Crippen molar-refractivity contribution in [2.75, 3.05) is 78.7 Å². The third kappa shape index (κ3) is 19.8. The van der Waals surface area contributed by atoms with Crippen molar-refractivity contribution in [2.24, 2.45) is 41.4 Å². The van der Waals surface area contributed by atoms with Gasteiger partial charge in [0.25, 0.3) is 11.8 Å². The molecule has 0 unspecified atom stereocenters. The number of hydrogen-bond acceptors (Lipinski definition) is 23. The molecular weight excluding hydrogens is 1290 g/mol. The number of methoxy groups -OCH3 is 1. The number of nitrogen functional groups attached to an aromatic ring is 1. The fraction of sp³-hybridized carbons (Fsp3) is 0.574. The largest absolute Gasteiger partial charge is 0.534 e. The van der Waals surface area contributed by atoms with Crippen LogP contribution in [0.3, 0.4) is 0 Å². The molecule has 7 saturated heterocycles. The van der Waals surface area contributed by atoms with Crippen molar-refractivity contribution in [1.82, 2.24) is 13.7 Å². The molecule has 7 aliphatic rings. The minimum atomic E-state index is -3.91. The predicted octanol–water partition coefficient (Wildman–Crippen LogP) is 6.05.